The molecule has 0 fully saturated rings. The highest BCUT2D eigenvalue weighted by atomic mass is 35.5. The maximum Gasteiger partial charge on any atom is 0.130 e. The van der Waals surface area contributed by atoms with Crippen molar-refractivity contribution >= 4 is 11.6 Å². The first kappa shape index (κ1) is 7.55. The second-order valence-electron chi connectivity index (χ2n) is 2.16. The molecule has 0 atom stereocenters. The smallest absolute Gasteiger partial charge is 0.130 e. The van der Waals surface area contributed by atoms with Crippen molar-refractivity contribution in [2.45, 2.75) is 6.92 Å². The molecule has 0 aliphatic heterocycles. The van der Waals surface area contributed by atoms with Crippen LogP contribution in [0.5, 0.6) is 0 Å². The predicted molar refractivity (Wildman–Crippen MR) is 40.6 cm³/mol. The molecule has 0 aromatic heterocycles. The summed E-state index contributed by atoms with van der Waals surface area (Å²) in [6.07, 6.45) is 0. The highest BCUT2D eigenvalue weighted by Crippen LogP contribution is 2.19. The van der Waals surface area contributed by atoms with E-state index in [2.05, 4.69) is 6.92 Å². The Morgan fingerprint density at radius 2 is 2.10 bits per heavy atom. The first-order valence-corrected chi connectivity index (χ1v) is 3.27. The van der Waals surface area contributed by atoms with E-state index in [0.717, 1.165) is 0 Å². The highest BCUT2D eigenvalue weighted by Gasteiger charge is 2.03. The average Bonchev–Trinajstić information content (AvgIpc) is 1.93. The Morgan fingerprint density at radius 1 is 1.50 bits per heavy atom. The molecular formula is C8H7ClF. The normalized spacial score (nSPS) is 10.0. The Labute approximate surface area is 64.6 Å². The Hall–Kier alpha value is -0.560. The molecular weight excluding hydrogens is 151 g/mol. The molecule has 0 aliphatic carbocycles. The van der Waals surface area contributed by atoms with Gasteiger partial charge < -0.3 is 0 Å². The fraction of sp³-hybridized carbons (Fsp3) is 0.125. The molecule has 0 saturated carbocycles. The van der Waals surface area contributed by atoms with Crippen molar-refractivity contribution in [2.24, 2.45) is 0 Å². The van der Waals surface area contributed by atoms with Crippen LogP contribution in [0.1, 0.15) is 11.1 Å². The molecule has 0 bridgehead atoms. The third kappa shape index (κ3) is 1.14. The summed E-state index contributed by atoms with van der Waals surface area (Å²) in [6.45, 7) is 5.15. The van der Waals surface area contributed by atoms with Crippen molar-refractivity contribution in [1.82, 2.24) is 0 Å². The van der Waals surface area contributed by atoms with Gasteiger partial charge >= 0.3 is 0 Å². The summed E-state index contributed by atoms with van der Waals surface area (Å²) in [5, 5.41) is 0.378. The summed E-state index contributed by atoms with van der Waals surface area (Å²) in [5.41, 5.74) is 0.857. The topological polar surface area (TPSA) is 0 Å². The molecule has 1 rings (SSSR count). The molecule has 1 radical (unpaired) electrons. The Bertz CT molecular complexity index is 229. The lowest BCUT2D eigenvalue weighted by atomic mass is 10.1. The number of benzene rings is 1. The first-order valence-electron chi connectivity index (χ1n) is 2.89. The second-order valence-corrected chi connectivity index (χ2v) is 2.56. The molecule has 0 N–H and O–H groups in total. The lowest BCUT2D eigenvalue weighted by Crippen LogP contribution is -1.87. The lowest BCUT2D eigenvalue weighted by molar-refractivity contribution is 0.613. The number of hydrogen-bond acceptors (Lipinski definition) is 0. The van der Waals surface area contributed by atoms with Crippen LogP contribution in [0.25, 0.3) is 0 Å². The number of rotatable bonds is 0. The van der Waals surface area contributed by atoms with Crippen LogP contribution < -0.4 is 0 Å². The van der Waals surface area contributed by atoms with Gasteiger partial charge in [-0.1, -0.05) is 17.7 Å². The summed E-state index contributed by atoms with van der Waals surface area (Å²) < 4.78 is 12.8. The van der Waals surface area contributed by atoms with E-state index < -0.39 is 0 Å². The highest BCUT2D eigenvalue weighted by molar-refractivity contribution is 6.31. The zero-order valence-electron chi connectivity index (χ0n) is 5.62. The summed E-state index contributed by atoms with van der Waals surface area (Å²) in [5.74, 6) is -0.312. The molecule has 0 nitrogen and oxygen atoms in total. The largest absolute Gasteiger partial charge is 0.206 e. The zero-order valence-corrected chi connectivity index (χ0v) is 6.37. The van der Waals surface area contributed by atoms with Gasteiger partial charge in [-0.25, -0.2) is 4.39 Å². The van der Waals surface area contributed by atoms with E-state index >= 15 is 0 Å². The van der Waals surface area contributed by atoms with E-state index in [-0.39, 0.29) is 11.4 Å². The Morgan fingerprint density at radius 3 is 2.60 bits per heavy atom. The molecule has 10 heavy (non-hydrogen) atoms. The van der Waals surface area contributed by atoms with Crippen molar-refractivity contribution in [3.05, 3.63) is 41.0 Å². The average molecular weight is 158 g/mol. The van der Waals surface area contributed by atoms with Crippen molar-refractivity contribution in [3.63, 3.8) is 0 Å². The third-order valence-corrected chi connectivity index (χ3v) is 1.73. The summed E-state index contributed by atoms with van der Waals surface area (Å²) >= 11 is 5.58. The number of aryl methyl sites for hydroxylation is 1. The van der Waals surface area contributed by atoms with Crippen LogP contribution >= 0.6 is 11.6 Å². The minimum Gasteiger partial charge on any atom is -0.206 e. The van der Waals surface area contributed by atoms with E-state index in [9.17, 15) is 4.39 Å². The van der Waals surface area contributed by atoms with Gasteiger partial charge in [-0.2, -0.15) is 0 Å². The minimum absolute atomic E-state index is 0.279. The van der Waals surface area contributed by atoms with E-state index in [0.29, 0.717) is 10.6 Å². The zero-order chi connectivity index (χ0) is 7.72. The van der Waals surface area contributed by atoms with Gasteiger partial charge in [0.05, 0.1) is 0 Å². The molecule has 0 heterocycles. The minimum atomic E-state index is -0.312. The Kier molecular flexibility index (Phi) is 1.95. The van der Waals surface area contributed by atoms with Crippen LogP contribution in [0.15, 0.2) is 12.1 Å². The van der Waals surface area contributed by atoms with E-state index in [4.69, 9.17) is 11.6 Å². The van der Waals surface area contributed by atoms with Gasteiger partial charge in [0, 0.05) is 10.6 Å². The van der Waals surface area contributed by atoms with Crippen molar-refractivity contribution in [2.75, 3.05) is 0 Å². The van der Waals surface area contributed by atoms with Crippen LogP contribution in [-0.4, -0.2) is 0 Å². The fourth-order valence-corrected chi connectivity index (χ4v) is 0.861. The summed E-state index contributed by atoms with van der Waals surface area (Å²) in [6, 6.07) is 3.27. The SMILES string of the molecule is [CH2]c1c(Cl)ccc(C)c1F. The molecule has 0 saturated heterocycles. The maximum absolute atomic E-state index is 12.8. The van der Waals surface area contributed by atoms with Crippen LogP contribution in [0.2, 0.25) is 5.02 Å². The van der Waals surface area contributed by atoms with Gasteiger partial charge in [0.2, 0.25) is 0 Å². The van der Waals surface area contributed by atoms with E-state index in [1.54, 1.807) is 19.1 Å². The van der Waals surface area contributed by atoms with E-state index in [1.807, 2.05) is 0 Å². The second kappa shape index (κ2) is 2.59. The standard InChI is InChI=1S/C8H7ClF/c1-5-3-4-7(9)6(2)8(5)10/h3-4H,2H2,1H3. The third-order valence-electron chi connectivity index (χ3n) is 1.38. The van der Waals surface area contributed by atoms with Crippen LogP contribution in [0.4, 0.5) is 4.39 Å². The summed E-state index contributed by atoms with van der Waals surface area (Å²) in [7, 11) is 0. The van der Waals surface area contributed by atoms with Crippen molar-refractivity contribution in [1.29, 1.82) is 0 Å². The van der Waals surface area contributed by atoms with Gasteiger partial charge in [-0.3, -0.25) is 0 Å². The number of hydrogen-bond donors (Lipinski definition) is 0. The molecule has 0 unspecified atom stereocenters. The molecule has 0 spiro atoms. The van der Waals surface area contributed by atoms with Gasteiger partial charge in [-0.05, 0) is 25.5 Å². The van der Waals surface area contributed by atoms with Crippen LogP contribution in [-0.2, 0) is 0 Å². The Balaban J connectivity index is 3.34. The van der Waals surface area contributed by atoms with Crippen LogP contribution in [0.3, 0.4) is 0 Å². The fourth-order valence-electron chi connectivity index (χ4n) is 0.715. The number of halogens is 2. The quantitative estimate of drug-likeness (QED) is 0.543. The maximum atomic E-state index is 12.8. The molecule has 2 heteroatoms. The molecule has 0 aliphatic rings. The predicted octanol–water partition coefficient (Wildman–Crippen LogP) is 2.97. The van der Waals surface area contributed by atoms with Gasteiger partial charge in [0.15, 0.2) is 0 Å². The lowest BCUT2D eigenvalue weighted by Gasteiger charge is -2.00. The van der Waals surface area contributed by atoms with Gasteiger partial charge in [0.25, 0.3) is 0 Å². The summed E-state index contributed by atoms with van der Waals surface area (Å²) in [4.78, 5) is 0. The molecule has 1 aromatic rings. The molecule has 0 amide bonds. The van der Waals surface area contributed by atoms with Crippen molar-refractivity contribution in [3.8, 4) is 0 Å². The van der Waals surface area contributed by atoms with E-state index in [1.165, 1.54) is 0 Å². The van der Waals surface area contributed by atoms with Crippen molar-refractivity contribution < 1.29 is 4.39 Å². The van der Waals surface area contributed by atoms with Gasteiger partial charge in [-0.15, -0.1) is 0 Å². The first-order chi connectivity index (χ1) is 4.63. The van der Waals surface area contributed by atoms with Gasteiger partial charge in [0.1, 0.15) is 5.82 Å². The van der Waals surface area contributed by atoms with Crippen LogP contribution in [0, 0.1) is 19.7 Å². The molecule has 1 aromatic carbocycles. The molecule has 53 valence electrons. The monoisotopic (exact) mass is 157 g/mol.